The van der Waals surface area contributed by atoms with Gasteiger partial charge in [0.15, 0.2) is 6.23 Å². The Labute approximate surface area is 773 Å². The van der Waals surface area contributed by atoms with E-state index >= 15 is 0 Å². The van der Waals surface area contributed by atoms with E-state index in [1.54, 1.807) is 14.7 Å². The van der Waals surface area contributed by atoms with Crippen molar-refractivity contribution in [2.24, 2.45) is 0 Å². The molecule has 17 rings (SSSR count). The summed E-state index contributed by atoms with van der Waals surface area (Å²) in [6.45, 7) is 33.9. The molecule has 10 aliphatic heterocycles. The average Bonchev–Trinajstić information content (AvgIpc) is 1.60. The first-order valence-electron chi connectivity index (χ1n) is 45.0. The smallest absolute Gasteiger partial charge is 0.410 e. The van der Waals surface area contributed by atoms with Gasteiger partial charge in [-0.3, -0.25) is 9.89 Å². The number of anilines is 5. The minimum Gasteiger partial charge on any atom is -0.462 e. The molecular formula is C91H131N25O9S3. The van der Waals surface area contributed by atoms with E-state index in [0.29, 0.717) is 135 Å². The highest BCUT2D eigenvalue weighted by Crippen LogP contribution is 2.42. The van der Waals surface area contributed by atoms with Gasteiger partial charge < -0.3 is 87.6 Å². The van der Waals surface area contributed by atoms with Gasteiger partial charge in [0, 0.05) is 131 Å². The Balaban J connectivity index is 0.000000175. The SMILES string of the molecule is C=CC(=O)N1CCN(c2nc(OC[C@@H]3CCCN3C)nc3c2CCN(c2c(C)ccc4[nH]ncc24)C3)CC1CC#N.CN1CCC[C@H]1COc1nc2c(c(N3CCN(C(=O)OC(C)(C)C)C(CC#N)C3)n1)CCNC2.Cc1ccc2c(cnn2C2CCCCO2)c1N1CCc2c(nc(OC[C@@H]3CCCN3C)nc2N2CCN(C(=O)OC(C)(C)C)C(CC#N)C2)C1.S.S.S. The van der Waals surface area contributed by atoms with Crippen LogP contribution in [0.25, 0.3) is 21.8 Å². The second kappa shape index (κ2) is 43.2. The first-order chi connectivity index (χ1) is 60.3. The lowest BCUT2D eigenvalue weighted by atomic mass is 10.0. The number of nitrogens with one attached hydrogen (secondary N) is 2. The van der Waals surface area contributed by atoms with Crippen molar-refractivity contribution in [3.05, 3.63) is 94.2 Å². The molecule has 128 heavy (non-hydrogen) atoms. The number of fused-ring (bicyclic) bond motifs is 5. The van der Waals surface area contributed by atoms with Crippen LogP contribution in [0.5, 0.6) is 18.0 Å². The molecule has 0 radical (unpaired) electrons. The fourth-order valence-corrected chi connectivity index (χ4v) is 19.4. The van der Waals surface area contributed by atoms with Gasteiger partial charge >= 0.3 is 30.2 Å². The number of likely N-dealkylation sites (tertiary alicyclic amines) is 3. The molecule has 7 fully saturated rings. The minimum absolute atomic E-state index is 0. The molecule has 0 saturated carbocycles. The molecule has 3 amide bonds. The van der Waals surface area contributed by atoms with Crippen LogP contribution in [0, 0.1) is 47.8 Å². The number of amides is 3. The van der Waals surface area contributed by atoms with Crippen LogP contribution in [0.1, 0.15) is 170 Å². The number of aromatic amines is 1. The standard InChI is InChI=1S/C37H51N9O4.C30H37N9O2.C24H37N7O3.3H2S/c1-25-11-12-31-29(21-39-46(31)32-10-6-7-20-48-32)33(25)43-17-14-28-30(23-43)40-35(49-24-27-9-8-16-42(27)5)41-34(28)44-18-19-45(26(22-44)13-15-38)36(47)50-37(2,3)4;1-4-27(40)39-15-14-38(17-21(39)9-11-31)29-23-10-13-37(28-20(2)7-8-25-24(28)16-32-35-25)18-26(23)33-30(34-29)41-19-22-6-5-12-36(22)3;1-24(2,3)34-23(32)31-13-12-30(15-17(31)7-9-25)21-19-8-10-26-14-20(19)27-22(28-21)33-16-18-6-5-11-29(18)4;;;/h11-12,21,26-27,32H,6-10,13-14,16-20,22-24H2,1-5H3;4,7-8,16,21-22H,1,5-6,9-10,12-15,17-19H2,2-3H3,(H,32,35);17-18,26H,5-8,10-16H2,1-4H3;3*1H2/t26?,27-,32?;21?,22-;17?,18-;;;/m000.../s1. The number of benzene rings is 2. The number of rotatable bonds is 19. The van der Waals surface area contributed by atoms with E-state index < -0.39 is 11.2 Å². The van der Waals surface area contributed by atoms with Gasteiger partial charge in [0.1, 0.15) is 48.5 Å². The highest BCUT2D eigenvalue weighted by Gasteiger charge is 2.41. The van der Waals surface area contributed by atoms with Gasteiger partial charge in [-0.2, -0.15) is 96.4 Å². The number of nitrogens with zero attached hydrogens (tertiary/aromatic N) is 23. The zero-order valence-corrected chi connectivity index (χ0v) is 79.4. The molecule has 7 aromatic rings. The van der Waals surface area contributed by atoms with Gasteiger partial charge in [0.25, 0.3) is 0 Å². The molecule has 7 saturated heterocycles. The fraction of sp³-hybridized carbons (Fsp3) is 0.626. The largest absolute Gasteiger partial charge is 0.462 e. The topological polar surface area (TPSA) is 349 Å². The number of hydrogen-bond acceptors (Lipinski definition) is 29. The van der Waals surface area contributed by atoms with Crippen LogP contribution in [0.15, 0.2) is 49.3 Å². The number of piperazine rings is 3. The van der Waals surface area contributed by atoms with Crippen molar-refractivity contribution in [3.8, 4) is 36.2 Å². The van der Waals surface area contributed by atoms with Crippen molar-refractivity contribution < 1.29 is 42.8 Å². The third-order valence-corrected chi connectivity index (χ3v) is 26.0. The summed E-state index contributed by atoms with van der Waals surface area (Å²) in [6.07, 6.45) is 17.5. The molecule has 2 N–H and O–H groups in total. The van der Waals surface area contributed by atoms with Gasteiger partial charge in [-0.25, -0.2) is 14.3 Å². The molecule has 7 atom stereocenters. The van der Waals surface area contributed by atoms with E-state index in [1.165, 1.54) is 41.4 Å². The van der Waals surface area contributed by atoms with E-state index in [1.807, 2.05) is 53.9 Å². The molecular weight excluding hydrogens is 1680 g/mol. The molecule has 0 bridgehead atoms. The third-order valence-electron chi connectivity index (χ3n) is 26.0. The van der Waals surface area contributed by atoms with Crippen LogP contribution in [0.3, 0.4) is 0 Å². The number of ether oxygens (including phenoxy) is 6. The van der Waals surface area contributed by atoms with Crippen LogP contribution in [-0.2, 0) is 57.9 Å². The summed E-state index contributed by atoms with van der Waals surface area (Å²) in [5.41, 5.74) is 11.8. The van der Waals surface area contributed by atoms with Gasteiger partial charge in [-0.05, 0) is 209 Å². The van der Waals surface area contributed by atoms with Crippen LogP contribution < -0.4 is 44.0 Å². The Kier molecular flexibility index (Phi) is 32.8. The van der Waals surface area contributed by atoms with E-state index in [0.717, 1.165) is 183 Å². The Morgan fingerprint density at radius 2 is 0.961 bits per heavy atom. The van der Waals surface area contributed by atoms with Crippen molar-refractivity contribution >= 4 is 109 Å². The molecule has 692 valence electrons. The van der Waals surface area contributed by atoms with Gasteiger partial charge in [-0.1, -0.05) is 18.7 Å². The molecule has 0 spiro atoms. The van der Waals surface area contributed by atoms with Crippen molar-refractivity contribution in [1.29, 1.82) is 15.8 Å². The van der Waals surface area contributed by atoms with E-state index in [4.69, 9.17) is 63.4 Å². The summed E-state index contributed by atoms with van der Waals surface area (Å²) in [7, 11) is 6.41. The van der Waals surface area contributed by atoms with Crippen molar-refractivity contribution in [3.63, 3.8) is 0 Å². The van der Waals surface area contributed by atoms with Gasteiger partial charge in [0.2, 0.25) is 5.91 Å². The quantitative estimate of drug-likeness (QED) is 0.0710. The summed E-state index contributed by atoms with van der Waals surface area (Å²) in [5, 5.41) is 46.5. The Morgan fingerprint density at radius 3 is 1.40 bits per heavy atom. The highest BCUT2D eigenvalue weighted by molar-refractivity contribution is 7.59. The predicted octanol–water partition coefficient (Wildman–Crippen LogP) is 10.3. The Morgan fingerprint density at radius 1 is 0.516 bits per heavy atom. The maximum absolute atomic E-state index is 13.2. The summed E-state index contributed by atoms with van der Waals surface area (Å²) < 4.78 is 38.2. The predicted molar refractivity (Wildman–Crippen MR) is 506 cm³/mol. The molecule has 15 heterocycles. The molecule has 37 heteroatoms. The maximum atomic E-state index is 13.2. The lowest BCUT2D eigenvalue weighted by molar-refractivity contribution is -0.128. The molecule has 34 nitrogen and oxygen atoms in total. The third kappa shape index (κ3) is 22.6. The molecule has 4 unspecified atom stereocenters. The molecule has 0 aliphatic carbocycles. The highest BCUT2D eigenvalue weighted by atomic mass is 32.1. The normalized spacial score (nSPS) is 22.0. The van der Waals surface area contributed by atoms with E-state index in [2.05, 4.69) is 143 Å². The lowest BCUT2D eigenvalue weighted by Crippen LogP contribution is -2.56. The van der Waals surface area contributed by atoms with Crippen LogP contribution in [-0.4, -0.2) is 291 Å². The number of carbonyl (C=O) groups excluding carboxylic acids is 3. The lowest BCUT2D eigenvalue weighted by Gasteiger charge is -2.42. The Bertz CT molecular complexity index is 5160. The van der Waals surface area contributed by atoms with Crippen molar-refractivity contribution in [2.45, 2.75) is 225 Å². The summed E-state index contributed by atoms with van der Waals surface area (Å²) >= 11 is 0. The van der Waals surface area contributed by atoms with Crippen molar-refractivity contribution in [1.82, 2.24) is 84.6 Å². The first kappa shape index (κ1) is 97.2. The minimum atomic E-state index is -0.617. The van der Waals surface area contributed by atoms with Crippen LogP contribution in [0.2, 0.25) is 0 Å². The van der Waals surface area contributed by atoms with Gasteiger partial charge in [0.05, 0.1) is 121 Å². The van der Waals surface area contributed by atoms with Crippen LogP contribution in [0.4, 0.5) is 38.4 Å². The molecule has 2 aromatic carbocycles. The van der Waals surface area contributed by atoms with Crippen molar-refractivity contribution in [2.75, 3.05) is 170 Å². The number of likely N-dealkylation sites (N-methyl/N-ethyl adjacent to an activating group) is 3. The Hall–Kier alpha value is -9.91. The maximum Gasteiger partial charge on any atom is 0.410 e. The van der Waals surface area contributed by atoms with E-state index in [-0.39, 0.29) is 102 Å². The van der Waals surface area contributed by atoms with Crippen LogP contribution >= 0.6 is 40.5 Å². The zero-order valence-electron chi connectivity index (χ0n) is 76.4. The summed E-state index contributed by atoms with van der Waals surface area (Å²) in [6, 6.07) is 16.8. The summed E-state index contributed by atoms with van der Waals surface area (Å²) in [5.74, 6) is 2.43. The number of nitriles is 3. The van der Waals surface area contributed by atoms with Gasteiger partial charge in [-0.15, -0.1) is 0 Å². The summed E-state index contributed by atoms with van der Waals surface area (Å²) in [4.78, 5) is 91.6. The number of aryl methyl sites for hydroxylation is 2. The van der Waals surface area contributed by atoms with E-state index in [9.17, 15) is 30.2 Å². The zero-order chi connectivity index (χ0) is 87.8. The number of hydrogen-bond donors (Lipinski definition) is 2. The molecule has 10 aliphatic rings. The monoisotopic (exact) mass is 1810 g/mol. The number of aromatic nitrogens is 10. The second-order valence-electron chi connectivity index (χ2n) is 36.9. The first-order valence-corrected chi connectivity index (χ1v) is 45.0. The average molecular weight is 1820 g/mol. The fourth-order valence-electron chi connectivity index (χ4n) is 19.4. The second-order valence-corrected chi connectivity index (χ2v) is 36.9. The number of carbonyl (C=O) groups is 3. The molecule has 5 aromatic heterocycles. The number of H-pyrrole nitrogens is 1.